The van der Waals surface area contributed by atoms with Gasteiger partial charge in [-0.05, 0) is 112 Å². The molecule has 0 radical (unpaired) electrons. The van der Waals surface area contributed by atoms with Crippen molar-refractivity contribution in [2.45, 2.75) is 89.3 Å². The zero-order valence-corrected chi connectivity index (χ0v) is 28.3. The molecule has 1 aromatic carbocycles. The average molecular weight is 632 g/mol. The zero-order valence-electron chi connectivity index (χ0n) is 27.5. The molecule has 1 saturated carbocycles. The molecule has 3 aromatic rings. The molecule has 2 aliphatic heterocycles. The monoisotopic (exact) mass is 631 g/mol. The van der Waals surface area contributed by atoms with Gasteiger partial charge in [-0.2, -0.15) is 0 Å². The van der Waals surface area contributed by atoms with Crippen LogP contribution >= 0.6 is 11.8 Å². The van der Waals surface area contributed by atoms with E-state index < -0.39 is 17.1 Å². The molecule has 0 unspecified atom stereocenters. The lowest BCUT2D eigenvalue weighted by Crippen LogP contribution is -2.43. The molecule has 45 heavy (non-hydrogen) atoms. The number of ether oxygens (including phenoxy) is 1. The number of carbonyl (C=O) groups is 2. The first-order valence-electron chi connectivity index (χ1n) is 16.0. The Kier molecular flexibility index (Phi) is 8.45. The van der Waals surface area contributed by atoms with Gasteiger partial charge in [0.1, 0.15) is 29.4 Å². The van der Waals surface area contributed by atoms with Crippen LogP contribution in [0.4, 0.5) is 16.4 Å². The second kappa shape index (κ2) is 12.1. The maximum Gasteiger partial charge on any atom is 0.413 e. The number of carbonyl (C=O) groups excluding carboxylic acids is 2. The zero-order chi connectivity index (χ0) is 32.1. The van der Waals surface area contributed by atoms with Crippen molar-refractivity contribution in [2.75, 3.05) is 29.6 Å². The van der Waals surface area contributed by atoms with Gasteiger partial charge >= 0.3 is 6.09 Å². The summed E-state index contributed by atoms with van der Waals surface area (Å²) in [5.41, 5.74) is 2.79. The largest absolute Gasteiger partial charge is 0.444 e. The van der Waals surface area contributed by atoms with Crippen molar-refractivity contribution in [1.29, 1.82) is 0 Å². The van der Waals surface area contributed by atoms with Gasteiger partial charge in [0.2, 0.25) is 0 Å². The van der Waals surface area contributed by atoms with Crippen molar-refractivity contribution in [3.05, 3.63) is 58.7 Å². The number of piperidine rings is 1. The highest BCUT2D eigenvalue weighted by Crippen LogP contribution is 2.52. The lowest BCUT2D eigenvalue weighted by Gasteiger charge is -2.46. The van der Waals surface area contributed by atoms with Crippen LogP contribution in [0.5, 0.6) is 0 Å². The molecular formula is C34H45N7O3S. The topological polar surface area (TPSA) is 105 Å². The summed E-state index contributed by atoms with van der Waals surface area (Å²) in [6, 6.07) is 8.22. The van der Waals surface area contributed by atoms with E-state index >= 15 is 0 Å². The summed E-state index contributed by atoms with van der Waals surface area (Å²) in [6.07, 6.45) is 7.43. The highest BCUT2D eigenvalue weighted by Gasteiger charge is 2.49. The molecule has 3 aliphatic rings. The molecule has 0 bridgehead atoms. The van der Waals surface area contributed by atoms with Crippen molar-refractivity contribution >= 4 is 35.4 Å². The van der Waals surface area contributed by atoms with Crippen molar-refractivity contribution in [3.8, 4) is 0 Å². The van der Waals surface area contributed by atoms with Crippen LogP contribution in [0.3, 0.4) is 0 Å². The predicted molar refractivity (Wildman–Crippen MR) is 177 cm³/mol. The number of pyridine rings is 1. The number of likely N-dealkylation sites (tertiary alicyclic amines) is 1. The number of benzene rings is 1. The van der Waals surface area contributed by atoms with E-state index in [1.54, 1.807) is 23.0 Å². The molecule has 0 spiro atoms. The number of anilines is 2. The highest BCUT2D eigenvalue weighted by atomic mass is 32.2. The van der Waals surface area contributed by atoms with Crippen LogP contribution in [0.25, 0.3) is 0 Å². The van der Waals surface area contributed by atoms with Crippen molar-refractivity contribution in [2.24, 2.45) is 18.9 Å². The highest BCUT2D eigenvalue weighted by molar-refractivity contribution is 7.98. The number of hydrogen-bond donors (Lipinski definition) is 1. The quantitative estimate of drug-likeness (QED) is 0.299. The Balaban J connectivity index is 1.38. The minimum Gasteiger partial charge on any atom is -0.444 e. The van der Waals surface area contributed by atoms with E-state index in [9.17, 15) is 9.59 Å². The number of thioether (sulfide) groups is 1. The van der Waals surface area contributed by atoms with Gasteiger partial charge in [-0.25, -0.2) is 9.78 Å². The molecule has 11 heteroatoms. The second-order valence-electron chi connectivity index (χ2n) is 14.3. The van der Waals surface area contributed by atoms with E-state index in [4.69, 9.17) is 9.72 Å². The van der Waals surface area contributed by atoms with Gasteiger partial charge in [-0.15, -0.1) is 22.0 Å². The fourth-order valence-electron chi connectivity index (χ4n) is 7.38. The van der Waals surface area contributed by atoms with Crippen molar-refractivity contribution in [3.63, 3.8) is 0 Å². The Bertz CT molecular complexity index is 1610. The average Bonchev–Trinajstić information content (AvgIpc) is 3.52. The number of nitrogens with one attached hydrogen (secondary N) is 1. The Morgan fingerprint density at radius 2 is 1.93 bits per heavy atom. The maximum absolute atomic E-state index is 14.2. The third-order valence-corrected chi connectivity index (χ3v) is 10.0. The molecule has 1 N–H and O–H groups in total. The molecule has 1 saturated heterocycles. The molecule has 240 valence electrons. The number of amides is 2. The number of nitrogens with zero attached hydrogens (tertiary/aromatic N) is 6. The summed E-state index contributed by atoms with van der Waals surface area (Å²) in [5.74, 6) is 2.81. The van der Waals surface area contributed by atoms with Crippen LogP contribution in [0.2, 0.25) is 0 Å². The third-order valence-electron chi connectivity index (χ3n) is 9.23. The molecule has 2 amide bonds. The number of aromatic nitrogens is 4. The third kappa shape index (κ3) is 6.34. The van der Waals surface area contributed by atoms with E-state index in [1.807, 2.05) is 44.5 Å². The number of aryl methyl sites for hydroxylation is 1. The van der Waals surface area contributed by atoms with Gasteiger partial charge < -0.3 is 9.30 Å². The summed E-state index contributed by atoms with van der Waals surface area (Å²) in [4.78, 5) is 37.3. The molecule has 6 rings (SSSR count). The fourth-order valence-corrected chi connectivity index (χ4v) is 8.07. The molecular weight excluding hydrogens is 586 g/mol. The Morgan fingerprint density at radius 3 is 2.58 bits per heavy atom. The Labute approximate surface area is 270 Å². The Hall–Kier alpha value is -3.44. The number of rotatable bonds is 7. The fraction of sp³-hybridized carbons (Fsp3) is 0.559. The molecule has 4 heterocycles. The molecule has 2 fully saturated rings. The van der Waals surface area contributed by atoms with Gasteiger partial charge in [0.15, 0.2) is 0 Å². The SMILES string of the molecule is CSc1cc(CN2CCC[C@H](C)C2)cc2c1CN(c1cc([C@]3(c4nncn4C)C[C@@H](C)C3)cc(NC(=O)OC(C)(C)C)n1)C2=O. The van der Waals surface area contributed by atoms with Gasteiger partial charge in [-0.1, -0.05) is 13.8 Å². The van der Waals surface area contributed by atoms with Gasteiger partial charge in [0.05, 0.1) is 12.0 Å². The standard InChI is InChI=1S/C34H45N7O3S/c1-21-9-8-10-40(17-21)18-23-11-25-26(27(12-23)45-7)19-41(30(25)42)29-14-24(13-28(36-29)37-32(43)44-33(3,4)5)34(15-22(2)16-34)31-38-35-20-39(31)6/h11-14,20-22H,8-10,15-19H2,1-7H3,(H,36,37,43)/t21-,22-,34+/m0/s1. The van der Waals surface area contributed by atoms with Crippen molar-refractivity contribution in [1.82, 2.24) is 24.6 Å². The van der Waals surface area contributed by atoms with E-state index in [2.05, 4.69) is 52.7 Å². The van der Waals surface area contributed by atoms with Gasteiger partial charge in [-0.3, -0.25) is 19.9 Å². The van der Waals surface area contributed by atoms with E-state index in [-0.39, 0.29) is 5.91 Å². The lowest BCUT2D eigenvalue weighted by atomic mass is 9.58. The Morgan fingerprint density at radius 1 is 1.16 bits per heavy atom. The van der Waals surface area contributed by atoms with E-state index in [1.165, 1.54) is 18.4 Å². The summed E-state index contributed by atoms with van der Waals surface area (Å²) in [7, 11) is 1.95. The van der Waals surface area contributed by atoms with Crippen molar-refractivity contribution < 1.29 is 14.3 Å². The first kappa shape index (κ1) is 31.5. The van der Waals surface area contributed by atoms with Crippen LogP contribution in [-0.2, 0) is 30.3 Å². The minimum atomic E-state index is -0.668. The van der Waals surface area contributed by atoms with E-state index in [0.29, 0.717) is 30.0 Å². The summed E-state index contributed by atoms with van der Waals surface area (Å²) >= 11 is 1.68. The summed E-state index contributed by atoms with van der Waals surface area (Å²) in [6.45, 7) is 13.4. The number of fused-ring (bicyclic) bond motifs is 1. The maximum atomic E-state index is 14.2. The van der Waals surface area contributed by atoms with E-state index in [0.717, 1.165) is 59.9 Å². The predicted octanol–water partition coefficient (Wildman–Crippen LogP) is 6.39. The minimum absolute atomic E-state index is 0.0725. The summed E-state index contributed by atoms with van der Waals surface area (Å²) < 4.78 is 7.52. The van der Waals surface area contributed by atoms with Crippen LogP contribution in [0.1, 0.15) is 93.2 Å². The van der Waals surface area contributed by atoms with Crippen LogP contribution in [0, 0.1) is 11.8 Å². The first-order chi connectivity index (χ1) is 21.3. The lowest BCUT2D eigenvalue weighted by molar-refractivity contribution is 0.0635. The van der Waals surface area contributed by atoms with Crippen LogP contribution in [0.15, 0.2) is 35.5 Å². The van der Waals surface area contributed by atoms with Gasteiger partial charge in [0.25, 0.3) is 5.91 Å². The summed E-state index contributed by atoms with van der Waals surface area (Å²) in [5, 5.41) is 11.5. The second-order valence-corrected chi connectivity index (χ2v) is 15.1. The number of hydrogen-bond acceptors (Lipinski definition) is 8. The molecule has 10 nitrogen and oxygen atoms in total. The molecule has 1 atom stereocenters. The molecule has 2 aromatic heterocycles. The first-order valence-corrected chi connectivity index (χ1v) is 17.2. The van der Waals surface area contributed by atoms with Crippen LogP contribution in [-0.4, -0.2) is 61.6 Å². The van der Waals surface area contributed by atoms with Crippen LogP contribution < -0.4 is 10.2 Å². The normalized spacial score (nSPS) is 23.5. The molecule has 1 aliphatic carbocycles. The van der Waals surface area contributed by atoms with Gasteiger partial charge in [0, 0.05) is 30.6 Å². The smallest absolute Gasteiger partial charge is 0.413 e.